The fourth-order valence-electron chi connectivity index (χ4n) is 2.69. The van der Waals surface area contributed by atoms with Gasteiger partial charge in [-0.1, -0.05) is 0 Å². The van der Waals surface area contributed by atoms with E-state index in [1.54, 1.807) is 4.98 Å². The van der Waals surface area contributed by atoms with Crippen molar-refractivity contribution in [3.8, 4) is 0 Å². The van der Waals surface area contributed by atoms with Gasteiger partial charge in [-0.2, -0.15) is 0 Å². The summed E-state index contributed by atoms with van der Waals surface area (Å²) in [6.45, 7) is 0. The number of hydrogen-bond donors (Lipinski definition) is 2. The summed E-state index contributed by atoms with van der Waals surface area (Å²) in [5.74, 6) is -1.86. The van der Waals surface area contributed by atoms with Crippen LogP contribution in [0.1, 0.15) is 34.5 Å². The summed E-state index contributed by atoms with van der Waals surface area (Å²) in [6.07, 6.45) is -0.900. The highest BCUT2D eigenvalue weighted by Gasteiger charge is 2.62. The van der Waals surface area contributed by atoms with E-state index in [1.165, 1.54) is 0 Å². The van der Waals surface area contributed by atoms with E-state index in [0.717, 1.165) is 0 Å². The number of fused-ring (bicyclic) bond motifs is 1. The van der Waals surface area contributed by atoms with Crippen LogP contribution in [0.2, 0.25) is 0 Å². The molecule has 0 saturated carbocycles. The number of aromatic carboxylic acids is 1. The lowest BCUT2D eigenvalue weighted by Crippen LogP contribution is -2.48. The summed E-state index contributed by atoms with van der Waals surface area (Å²) in [4.78, 5) is 54.6. The van der Waals surface area contributed by atoms with Crippen LogP contribution in [0.5, 0.6) is 0 Å². The first-order valence-corrected chi connectivity index (χ1v) is 6.11. The number of nitrogens with one attached hydrogen (secondary N) is 1. The van der Waals surface area contributed by atoms with Crippen LogP contribution >= 0.6 is 0 Å². The zero-order valence-electron chi connectivity index (χ0n) is 11.2. The second kappa shape index (κ2) is 5.11. The minimum atomic E-state index is -2.94. The van der Waals surface area contributed by atoms with Crippen molar-refractivity contribution < 1.29 is 24.7 Å². The molecule has 1 heterocycles. The van der Waals surface area contributed by atoms with Gasteiger partial charge in [0, 0.05) is 5.56 Å². The van der Waals surface area contributed by atoms with Gasteiger partial charge in [0.15, 0.2) is 5.69 Å². The number of aromatic nitrogens is 1. The standard InChI is InChI=1S/C10H8N4O9/c15-8-6(12(18)19)5(9(16)17)4-2-1-3-10(13(20)21,14(22)23)7(4)11-8/h1-3H2,(H,11,15)(H,16,17). The number of rotatable bonds is 4. The van der Waals surface area contributed by atoms with Gasteiger partial charge in [-0.3, -0.25) is 35.1 Å². The van der Waals surface area contributed by atoms with Crippen LogP contribution in [0.4, 0.5) is 5.69 Å². The highest BCUT2D eigenvalue weighted by molar-refractivity contribution is 5.94. The molecule has 13 nitrogen and oxygen atoms in total. The molecule has 1 aromatic rings. The number of pyridine rings is 1. The molecule has 1 aliphatic rings. The van der Waals surface area contributed by atoms with Gasteiger partial charge in [-0.25, -0.2) is 4.79 Å². The van der Waals surface area contributed by atoms with Gasteiger partial charge in [-0.15, -0.1) is 0 Å². The van der Waals surface area contributed by atoms with Gasteiger partial charge in [0.1, 0.15) is 15.4 Å². The van der Waals surface area contributed by atoms with Crippen LogP contribution in [-0.4, -0.2) is 30.8 Å². The van der Waals surface area contributed by atoms with Crippen molar-refractivity contribution in [2.45, 2.75) is 24.9 Å². The van der Waals surface area contributed by atoms with E-state index in [0.29, 0.717) is 0 Å². The fraction of sp³-hybridized carbons (Fsp3) is 0.400. The van der Waals surface area contributed by atoms with Crippen LogP contribution in [0, 0.1) is 30.3 Å². The molecule has 122 valence electrons. The maximum atomic E-state index is 11.8. The maximum absolute atomic E-state index is 11.8. The van der Waals surface area contributed by atoms with Gasteiger partial charge in [-0.05, 0) is 12.8 Å². The van der Waals surface area contributed by atoms with E-state index >= 15 is 0 Å². The second-order valence-corrected chi connectivity index (χ2v) is 4.78. The highest BCUT2D eigenvalue weighted by Crippen LogP contribution is 2.39. The van der Waals surface area contributed by atoms with Crippen LogP contribution in [0.25, 0.3) is 0 Å². The van der Waals surface area contributed by atoms with Gasteiger partial charge < -0.3 is 10.1 Å². The van der Waals surface area contributed by atoms with E-state index < -0.39 is 60.9 Å². The number of hydrogen-bond acceptors (Lipinski definition) is 8. The first-order valence-electron chi connectivity index (χ1n) is 6.11. The topological polar surface area (TPSA) is 200 Å². The van der Waals surface area contributed by atoms with Crippen molar-refractivity contribution >= 4 is 11.7 Å². The Kier molecular flexibility index (Phi) is 3.56. The Morgan fingerprint density at radius 2 is 1.74 bits per heavy atom. The van der Waals surface area contributed by atoms with Crippen molar-refractivity contribution in [2.75, 3.05) is 0 Å². The Morgan fingerprint density at radius 1 is 1.17 bits per heavy atom. The number of nitro groups is 3. The Labute approximate surface area is 125 Å². The Morgan fingerprint density at radius 3 is 2.17 bits per heavy atom. The minimum Gasteiger partial charge on any atom is -0.477 e. The number of carboxylic acid groups (broad SMARTS) is 1. The van der Waals surface area contributed by atoms with Crippen LogP contribution < -0.4 is 5.56 Å². The summed E-state index contributed by atoms with van der Waals surface area (Å²) < 4.78 is 0. The smallest absolute Gasteiger partial charge is 0.477 e. The monoisotopic (exact) mass is 328 g/mol. The molecule has 0 atom stereocenters. The zero-order valence-corrected chi connectivity index (χ0v) is 11.2. The maximum Gasteiger partial charge on any atom is 0.498 e. The van der Waals surface area contributed by atoms with E-state index in [4.69, 9.17) is 5.11 Å². The number of aromatic amines is 1. The van der Waals surface area contributed by atoms with Crippen molar-refractivity contribution in [3.05, 3.63) is 57.5 Å². The first-order chi connectivity index (χ1) is 10.6. The van der Waals surface area contributed by atoms with Gasteiger partial charge >= 0.3 is 22.9 Å². The minimum absolute atomic E-state index is 0.140. The molecule has 0 spiro atoms. The molecule has 2 N–H and O–H groups in total. The molecule has 1 aromatic heterocycles. The number of nitrogens with zero attached hydrogens (tertiary/aromatic N) is 3. The SMILES string of the molecule is O=C(O)c1c2c([nH]c(=O)c1[N+](=O)[O-])C([N+](=O)[O-])([N+](=O)[O-])CCC2. The second-order valence-electron chi connectivity index (χ2n) is 4.78. The lowest BCUT2D eigenvalue weighted by atomic mass is 9.84. The highest BCUT2D eigenvalue weighted by atomic mass is 16.7. The quantitative estimate of drug-likeness (QED) is 0.434. The number of H-pyrrole nitrogens is 1. The van der Waals surface area contributed by atoms with Gasteiger partial charge in [0.05, 0.1) is 11.3 Å². The molecule has 0 unspecified atom stereocenters. The summed E-state index contributed by atoms with van der Waals surface area (Å²) in [7, 11) is 0. The molecule has 13 heteroatoms. The van der Waals surface area contributed by atoms with E-state index in [1.807, 2.05) is 0 Å². The third-order valence-corrected chi connectivity index (χ3v) is 3.65. The van der Waals surface area contributed by atoms with E-state index in [-0.39, 0.29) is 12.8 Å². The molecule has 0 amide bonds. The van der Waals surface area contributed by atoms with E-state index in [2.05, 4.69) is 0 Å². The van der Waals surface area contributed by atoms with Crippen LogP contribution in [0.15, 0.2) is 4.79 Å². The predicted octanol–water partition coefficient (Wildman–Crippen LogP) is 0.0238. The molecule has 0 saturated heterocycles. The molecule has 2 rings (SSSR count). The molecular weight excluding hydrogens is 320 g/mol. The Hall–Kier alpha value is -3.38. The van der Waals surface area contributed by atoms with E-state index in [9.17, 15) is 39.9 Å². The van der Waals surface area contributed by atoms with Crippen molar-refractivity contribution in [3.63, 3.8) is 0 Å². The lowest BCUT2D eigenvalue weighted by Gasteiger charge is -2.24. The predicted molar refractivity (Wildman–Crippen MR) is 69.3 cm³/mol. The zero-order chi connectivity index (χ0) is 17.5. The largest absolute Gasteiger partial charge is 0.498 e. The normalized spacial score (nSPS) is 15.5. The summed E-state index contributed by atoms with van der Waals surface area (Å²) in [6, 6.07) is 0. The summed E-state index contributed by atoms with van der Waals surface area (Å²) in [5.41, 5.74) is -8.14. The molecule has 23 heavy (non-hydrogen) atoms. The Bertz CT molecular complexity index is 797. The summed E-state index contributed by atoms with van der Waals surface area (Å²) in [5, 5.41) is 42.6. The molecule has 1 aliphatic carbocycles. The van der Waals surface area contributed by atoms with Crippen molar-refractivity contribution in [1.82, 2.24) is 4.98 Å². The first kappa shape index (κ1) is 16.0. The fourth-order valence-corrected chi connectivity index (χ4v) is 2.69. The third kappa shape index (κ3) is 2.09. The van der Waals surface area contributed by atoms with Gasteiger partial charge in [0.2, 0.25) is 0 Å². The lowest BCUT2D eigenvalue weighted by molar-refractivity contribution is -0.813. The van der Waals surface area contributed by atoms with Crippen LogP contribution in [0.3, 0.4) is 0 Å². The summed E-state index contributed by atoms with van der Waals surface area (Å²) >= 11 is 0. The van der Waals surface area contributed by atoms with Crippen molar-refractivity contribution in [2.24, 2.45) is 0 Å². The Balaban J connectivity index is 2.99. The molecule has 0 fully saturated rings. The average Bonchev–Trinajstić information content (AvgIpc) is 2.43. The molecule has 0 aromatic carbocycles. The molecule has 0 radical (unpaired) electrons. The van der Waals surface area contributed by atoms with Crippen molar-refractivity contribution in [1.29, 1.82) is 0 Å². The number of carboxylic acids is 1. The number of carbonyl (C=O) groups is 1. The molecular formula is C10H8N4O9. The average molecular weight is 328 g/mol. The third-order valence-electron chi connectivity index (χ3n) is 3.65. The van der Waals surface area contributed by atoms with Gasteiger partial charge in [0.25, 0.3) is 0 Å². The van der Waals surface area contributed by atoms with Crippen LogP contribution in [-0.2, 0) is 12.1 Å². The molecule has 0 aliphatic heterocycles. The molecule has 0 bridgehead atoms.